The molecule has 0 radical (unpaired) electrons. The zero-order valence-electron chi connectivity index (χ0n) is 14.5. The van der Waals surface area contributed by atoms with Gasteiger partial charge in [0.25, 0.3) is 5.91 Å². The van der Waals surface area contributed by atoms with E-state index in [2.05, 4.69) is 4.98 Å². The number of alkyl halides is 6. The molecule has 0 fully saturated rings. The van der Waals surface area contributed by atoms with Crippen molar-refractivity contribution < 1.29 is 35.5 Å². The number of aromatic nitrogens is 1. The molecule has 0 bridgehead atoms. The predicted molar refractivity (Wildman–Crippen MR) is 86.0 cm³/mol. The van der Waals surface area contributed by atoms with Gasteiger partial charge in [-0.15, -0.1) is 0 Å². The molecule has 2 N–H and O–H groups in total. The van der Waals surface area contributed by atoms with Gasteiger partial charge in [0.05, 0.1) is 0 Å². The first-order chi connectivity index (χ1) is 12.7. The maximum absolute atomic E-state index is 13.6. The smallest absolute Gasteiger partial charge is 0.332 e. The molecule has 0 unspecified atom stereocenters. The largest absolute Gasteiger partial charge is 0.439 e. The van der Waals surface area contributed by atoms with Crippen molar-refractivity contribution in [1.82, 2.24) is 10.3 Å². The summed E-state index contributed by atoms with van der Waals surface area (Å²) in [6.07, 6.45) is -12.0. The number of hydrogen-bond acceptors (Lipinski definition) is 3. The number of halogens is 7. The van der Waals surface area contributed by atoms with Crippen LogP contribution >= 0.6 is 0 Å². The Bertz CT molecular complexity index is 826. The van der Waals surface area contributed by atoms with Gasteiger partial charge in [-0.1, -0.05) is 0 Å². The number of nitrogens with zero attached hydrogens (tertiary/aromatic N) is 1. The monoisotopic (exact) mass is 409 g/mol. The number of benzene rings is 1. The molecule has 4 nitrogen and oxygen atoms in total. The SMILES string of the molecule is Cc1cc(C)nc(NC(NC(=O)c2ccc(F)cc2)(C(F)(F)F)C(F)(F)F)c1. The third kappa shape index (κ3) is 4.34. The van der Waals surface area contributed by atoms with Gasteiger partial charge in [0.15, 0.2) is 0 Å². The first-order valence-electron chi connectivity index (χ1n) is 7.70. The Labute approximate surface area is 154 Å². The third-order valence-electron chi connectivity index (χ3n) is 3.67. The summed E-state index contributed by atoms with van der Waals surface area (Å²) < 4.78 is 94.6. The highest BCUT2D eigenvalue weighted by Gasteiger charge is 2.72. The second-order valence-electron chi connectivity index (χ2n) is 6.00. The van der Waals surface area contributed by atoms with Gasteiger partial charge in [0.2, 0.25) is 0 Å². The molecule has 11 heteroatoms. The van der Waals surface area contributed by atoms with Gasteiger partial charge in [0.1, 0.15) is 11.6 Å². The lowest BCUT2D eigenvalue weighted by Crippen LogP contribution is -2.72. The molecule has 0 aliphatic heterocycles. The quantitative estimate of drug-likeness (QED) is 0.578. The van der Waals surface area contributed by atoms with Crippen LogP contribution in [0.5, 0.6) is 0 Å². The van der Waals surface area contributed by atoms with Crippen molar-refractivity contribution in [2.24, 2.45) is 0 Å². The number of pyridine rings is 1. The lowest BCUT2D eigenvalue weighted by Gasteiger charge is -2.38. The van der Waals surface area contributed by atoms with Crippen LogP contribution in [0.1, 0.15) is 21.6 Å². The third-order valence-corrected chi connectivity index (χ3v) is 3.67. The number of aryl methyl sites for hydroxylation is 2. The van der Waals surface area contributed by atoms with Crippen molar-refractivity contribution in [2.45, 2.75) is 31.9 Å². The lowest BCUT2D eigenvalue weighted by atomic mass is 10.1. The molecular formula is C17H14F7N3O. The maximum Gasteiger partial charge on any atom is 0.439 e. The number of rotatable bonds is 4. The van der Waals surface area contributed by atoms with Crippen LogP contribution in [0.2, 0.25) is 0 Å². The Balaban J connectivity index is 2.54. The van der Waals surface area contributed by atoms with E-state index in [9.17, 15) is 35.5 Å². The average molecular weight is 409 g/mol. The molecule has 2 rings (SSSR count). The maximum atomic E-state index is 13.6. The summed E-state index contributed by atoms with van der Waals surface area (Å²) in [5, 5.41) is 2.27. The second-order valence-corrected chi connectivity index (χ2v) is 6.00. The van der Waals surface area contributed by atoms with Gasteiger partial charge in [-0.05, 0) is 55.8 Å². The minimum Gasteiger partial charge on any atom is -0.332 e. The molecule has 1 aromatic carbocycles. The highest BCUT2D eigenvalue weighted by atomic mass is 19.4. The summed E-state index contributed by atoms with van der Waals surface area (Å²) in [6.45, 7) is 2.85. The minimum atomic E-state index is -5.99. The average Bonchev–Trinajstić information content (AvgIpc) is 2.51. The summed E-state index contributed by atoms with van der Waals surface area (Å²) in [5.74, 6) is -3.25. The zero-order valence-corrected chi connectivity index (χ0v) is 14.5. The normalized spacial score (nSPS) is 12.6. The number of amides is 1. The summed E-state index contributed by atoms with van der Waals surface area (Å²) in [4.78, 5) is 15.7. The van der Waals surface area contributed by atoms with Crippen molar-refractivity contribution in [3.8, 4) is 0 Å². The van der Waals surface area contributed by atoms with E-state index < -0.39 is 41.1 Å². The fraction of sp³-hybridized carbons (Fsp3) is 0.294. The van der Waals surface area contributed by atoms with Crippen LogP contribution in [0.3, 0.4) is 0 Å². The van der Waals surface area contributed by atoms with E-state index in [-0.39, 0.29) is 5.69 Å². The van der Waals surface area contributed by atoms with E-state index >= 15 is 0 Å². The van der Waals surface area contributed by atoms with E-state index in [4.69, 9.17) is 0 Å². The molecule has 28 heavy (non-hydrogen) atoms. The van der Waals surface area contributed by atoms with Gasteiger partial charge in [-0.25, -0.2) is 9.37 Å². The molecule has 0 saturated carbocycles. The van der Waals surface area contributed by atoms with Crippen LogP contribution in [0.15, 0.2) is 36.4 Å². The second kappa shape index (κ2) is 7.28. The molecule has 2 aromatic rings. The summed E-state index contributed by atoms with van der Waals surface area (Å²) >= 11 is 0. The molecule has 1 amide bonds. The molecule has 152 valence electrons. The molecule has 0 aliphatic rings. The number of anilines is 1. The van der Waals surface area contributed by atoms with Gasteiger partial charge in [0, 0.05) is 11.3 Å². The van der Waals surface area contributed by atoms with Crippen LogP contribution in [-0.2, 0) is 0 Å². The Morgan fingerprint density at radius 3 is 1.93 bits per heavy atom. The molecule has 0 saturated heterocycles. The fourth-order valence-corrected chi connectivity index (χ4v) is 2.42. The van der Waals surface area contributed by atoms with Gasteiger partial charge >= 0.3 is 18.0 Å². The van der Waals surface area contributed by atoms with Crippen LogP contribution in [0.4, 0.5) is 36.6 Å². The van der Waals surface area contributed by atoms with Gasteiger partial charge in [-0.2, -0.15) is 26.3 Å². The van der Waals surface area contributed by atoms with Crippen molar-refractivity contribution in [3.63, 3.8) is 0 Å². The Kier molecular flexibility index (Phi) is 5.58. The van der Waals surface area contributed by atoms with Crippen LogP contribution < -0.4 is 10.6 Å². The van der Waals surface area contributed by atoms with E-state index in [1.165, 1.54) is 25.2 Å². The van der Waals surface area contributed by atoms with Crippen molar-refractivity contribution in [2.75, 3.05) is 5.32 Å². The highest BCUT2D eigenvalue weighted by molar-refractivity contribution is 5.95. The lowest BCUT2D eigenvalue weighted by molar-refractivity contribution is -0.294. The van der Waals surface area contributed by atoms with E-state index in [1.807, 2.05) is 0 Å². The van der Waals surface area contributed by atoms with Crippen LogP contribution in [-0.4, -0.2) is 28.9 Å². The van der Waals surface area contributed by atoms with Gasteiger partial charge in [-0.3, -0.25) is 4.79 Å². The highest BCUT2D eigenvalue weighted by Crippen LogP contribution is 2.43. The van der Waals surface area contributed by atoms with Crippen LogP contribution in [0.25, 0.3) is 0 Å². The standard InChI is InChI=1S/C17H14F7N3O/c1-9-7-10(2)25-13(8-9)26-15(16(19,20)21,17(22,23)24)27-14(28)11-3-5-12(18)6-4-11/h3-8H,1-2H3,(H,25,26)(H,27,28). The summed E-state index contributed by atoms with van der Waals surface area (Å²) in [5.41, 5.74) is -4.88. The Morgan fingerprint density at radius 1 is 0.929 bits per heavy atom. The van der Waals surface area contributed by atoms with Crippen molar-refractivity contribution in [3.05, 3.63) is 59.0 Å². The number of carbonyl (C=O) groups is 1. The molecule has 0 aliphatic carbocycles. The topological polar surface area (TPSA) is 54.0 Å². The molecular weight excluding hydrogens is 395 g/mol. The Hall–Kier alpha value is -2.85. The number of hydrogen-bond donors (Lipinski definition) is 2. The molecule has 1 aromatic heterocycles. The minimum absolute atomic E-state index is 0.172. The van der Waals surface area contributed by atoms with Gasteiger partial charge < -0.3 is 10.6 Å². The first-order valence-corrected chi connectivity index (χ1v) is 7.70. The van der Waals surface area contributed by atoms with E-state index in [0.717, 1.165) is 35.6 Å². The van der Waals surface area contributed by atoms with Crippen molar-refractivity contribution >= 4 is 11.7 Å². The van der Waals surface area contributed by atoms with Crippen LogP contribution in [0, 0.1) is 19.7 Å². The fourth-order valence-electron chi connectivity index (χ4n) is 2.42. The number of nitrogens with one attached hydrogen (secondary N) is 2. The zero-order chi connectivity index (χ0) is 21.3. The Morgan fingerprint density at radius 2 is 1.46 bits per heavy atom. The molecule has 1 heterocycles. The summed E-state index contributed by atoms with van der Waals surface area (Å²) in [7, 11) is 0. The number of carbonyl (C=O) groups excluding carboxylic acids is 1. The molecule has 0 atom stereocenters. The summed E-state index contributed by atoms with van der Waals surface area (Å²) in [6, 6.07) is 5.41. The van der Waals surface area contributed by atoms with E-state index in [0.29, 0.717) is 5.56 Å². The predicted octanol–water partition coefficient (Wildman–Crippen LogP) is 4.50. The van der Waals surface area contributed by atoms with E-state index in [1.54, 1.807) is 0 Å². The first kappa shape index (κ1) is 21.5. The van der Waals surface area contributed by atoms with Crippen molar-refractivity contribution in [1.29, 1.82) is 0 Å². The molecule has 0 spiro atoms.